The van der Waals surface area contributed by atoms with Gasteiger partial charge in [-0.25, -0.2) is 0 Å². The van der Waals surface area contributed by atoms with Gasteiger partial charge in [0.15, 0.2) is 0 Å². The van der Waals surface area contributed by atoms with Gasteiger partial charge in [0.05, 0.1) is 10.9 Å². The number of aliphatic hydroxyl groups is 1. The van der Waals surface area contributed by atoms with Crippen LogP contribution in [0.3, 0.4) is 0 Å². The SMILES string of the molecule is CC(c1nnc(-c2cccs2)o1)N1CCC(CO)C1. The summed E-state index contributed by atoms with van der Waals surface area (Å²) in [5.41, 5.74) is 0. The zero-order chi connectivity index (χ0) is 13.2. The number of hydrogen-bond donors (Lipinski definition) is 1. The van der Waals surface area contributed by atoms with Crippen molar-refractivity contribution in [1.29, 1.82) is 0 Å². The fourth-order valence-corrected chi connectivity index (χ4v) is 3.07. The van der Waals surface area contributed by atoms with Gasteiger partial charge in [0.2, 0.25) is 5.89 Å². The molecule has 6 heteroatoms. The Kier molecular flexibility index (Phi) is 3.63. The van der Waals surface area contributed by atoms with E-state index in [9.17, 15) is 5.11 Å². The molecule has 0 radical (unpaired) electrons. The lowest BCUT2D eigenvalue weighted by atomic mass is 10.1. The first-order chi connectivity index (χ1) is 9.28. The Morgan fingerprint density at radius 2 is 2.47 bits per heavy atom. The van der Waals surface area contributed by atoms with Crippen molar-refractivity contribution < 1.29 is 9.52 Å². The van der Waals surface area contributed by atoms with E-state index in [0.717, 1.165) is 24.4 Å². The van der Waals surface area contributed by atoms with Crippen LogP contribution in [0.2, 0.25) is 0 Å². The van der Waals surface area contributed by atoms with Crippen molar-refractivity contribution in [2.45, 2.75) is 19.4 Å². The minimum Gasteiger partial charge on any atom is -0.418 e. The minimum atomic E-state index is 0.109. The Labute approximate surface area is 115 Å². The Balaban J connectivity index is 1.72. The van der Waals surface area contributed by atoms with Crippen LogP contribution in [-0.4, -0.2) is 39.9 Å². The van der Waals surface area contributed by atoms with Gasteiger partial charge in [-0.15, -0.1) is 21.5 Å². The molecule has 19 heavy (non-hydrogen) atoms. The summed E-state index contributed by atoms with van der Waals surface area (Å²) in [5, 5.41) is 19.4. The van der Waals surface area contributed by atoms with Crippen molar-refractivity contribution in [2.75, 3.05) is 19.7 Å². The van der Waals surface area contributed by atoms with Gasteiger partial charge >= 0.3 is 0 Å². The fourth-order valence-electron chi connectivity index (χ4n) is 2.42. The molecular formula is C13H17N3O2S. The van der Waals surface area contributed by atoms with E-state index in [1.165, 1.54) is 0 Å². The number of rotatable bonds is 4. The highest BCUT2D eigenvalue weighted by Gasteiger charge is 2.29. The van der Waals surface area contributed by atoms with E-state index < -0.39 is 0 Å². The number of likely N-dealkylation sites (tertiary alicyclic amines) is 1. The lowest BCUT2D eigenvalue weighted by Crippen LogP contribution is -2.25. The molecule has 0 saturated carbocycles. The van der Waals surface area contributed by atoms with Crippen LogP contribution in [0.25, 0.3) is 10.8 Å². The molecular weight excluding hydrogens is 262 g/mol. The third-order valence-electron chi connectivity index (χ3n) is 3.65. The van der Waals surface area contributed by atoms with Crippen LogP contribution in [0.15, 0.2) is 21.9 Å². The molecule has 0 aromatic carbocycles. The summed E-state index contributed by atoms with van der Waals surface area (Å²) in [6, 6.07) is 4.06. The van der Waals surface area contributed by atoms with Gasteiger partial charge in [0.1, 0.15) is 0 Å². The second-order valence-electron chi connectivity index (χ2n) is 4.93. The zero-order valence-corrected chi connectivity index (χ0v) is 11.6. The predicted octanol–water partition coefficient (Wildman–Crippen LogP) is 2.17. The monoisotopic (exact) mass is 279 g/mol. The molecule has 0 aliphatic carbocycles. The van der Waals surface area contributed by atoms with Crippen LogP contribution >= 0.6 is 11.3 Å². The van der Waals surface area contributed by atoms with Crippen molar-refractivity contribution in [2.24, 2.45) is 5.92 Å². The molecule has 1 aliphatic rings. The molecule has 3 heterocycles. The van der Waals surface area contributed by atoms with E-state index in [1.54, 1.807) is 11.3 Å². The van der Waals surface area contributed by atoms with E-state index >= 15 is 0 Å². The molecule has 5 nitrogen and oxygen atoms in total. The second-order valence-corrected chi connectivity index (χ2v) is 5.88. The van der Waals surface area contributed by atoms with Gasteiger partial charge in [-0.05, 0) is 37.3 Å². The number of aliphatic hydroxyl groups excluding tert-OH is 1. The lowest BCUT2D eigenvalue weighted by molar-refractivity contribution is 0.190. The van der Waals surface area contributed by atoms with Crippen molar-refractivity contribution in [3.63, 3.8) is 0 Å². The molecule has 0 bridgehead atoms. The Bertz CT molecular complexity index is 526. The van der Waals surface area contributed by atoms with Crippen LogP contribution < -0.4 is 0 Å². The maximum Gasteiger partial charge on any atom is 0.257 e. The van der Waals surface area contributed by atoms with Crippen LogP contribution in [-0.2, 0) is 0 Å². The lowest BCUT2D eigenvalue weighted by Gasteiger charge is -2.20. The average Bonchev–Trinajstić information content (AvgIpc) is 3.16. The first-order valence-corrected chi connectivity index (χ1v) is 7.38. The Morgan fingerprint density at radius 1 is 1.58 bits per heavy atom. The molecule has 1 saturated heterocycles. The van der Waals surface area contributed by atoms with Gasteiger partial charge in [-0.3, -0.25) is 4.90 Å². The largest absolute Gasteiger partial charge is 0.418 e. The van der Waals surface area contributed by atoms with E-state index in [2.05, 4.69) is 22.0 Å². The van der Waals surface area contributed by atoms with Gasteiger partial charge < -0.3 is 9.52 Å². The maximum atomic E-state index is 9.19. The van der Waals surface area contributed by atoms with Gasteiger partial charge in [0.25, 0.3) is 5.89 Å². The minimum absolute atomic E-state index is 0.109. The zero-order valence-electron chi connectivity index (χ0n) is 10.8. The van der Waals surface area contributed by atoms with Gasteiger partial charge in [0, 0.05) is 13.2 Å². The highest BCUT2D eigenvalue weighted by atomic mass is 32.1. The second kappa shape index (κ2) is 5.40. The average molecular weight is 279 g/mol. The molecule has 3 rings (SSSR count). The van der Waals surface area contributed by atoms with Crippen molar-refractivity contribution in [1.82, 2.24) is 15.1 Å². The molecule has 2 atom stereocenters. The van der Waals surface area contributed by atoms with E-state index in [0.29, 0.717) is 17.7 Å². The molecule has 1 N–H and O–H groups in total. The normalized spacial score (nSPS) is 21.9. The molecule has 2 aromatic heterocycles. The highest BCUT2D eigenvalue weighted by molar-refractivity contribution is 7.13. The molecule has 1 aliphatic heterocycles. The van der Waals surface area contributed by atoms with Crippen LogP contribution in [0, 0.1) is 5.92 Å². The molecule has 2 unspecified atom stereocenters. The number of aromatic nitrogens is 2. The van der Waals surface area contributed by atoms with Gasteiger partial charge in [-0.2, -0.15) is 0 Å². The van der Waals surface area contributed by atoms with Crippen molar-refractivity contribution >= 4 is 11.3 Å². The standard InChI is InChI=1S/C13H17N3O2S/c1-9(16-5-4-10(7-16)8-17)12-14-15-13(18-12)11-3-2-6-19-11/h2-3,6,9-10,17H,4-5,7-8H2,1H3. The summed E-state index contributed by atoms with van der Waals surface area (Å²) in [5.74, 6) is 1.62. The summed E-state index contributed by atoms with van der Waals surface area (Å²) < 4.78 is 5.76. The molecule has 0 amide bonds. The van der Waals surface area contributed by atoms with Crippen molar-refractivity contribution in [3.8, 4) is 10.8 Å². The summed E-state index contributed by atoms with van der Waals surface area (Å²) in [6.45, 7) is 4.20. The maximum absolute atomic E-state index is 9.19. The third kappa shape index (κ3) is 2.56. The van der Waals surface area contributed by atoms with Gasteiger partial charge in [-0.1, -0.05) is 6.07 Å². The Hall–Kier alpha value is -1.24. The van der Waals surface area contributed by atoms with Crippen LogP contribution in [0.4, 0.5) is 0 Å². The first-order valence-electron chi connectivity index (χ1n) is 6.50. The highest BCUT2D eigenvalue weighted by Crippen LogP contribution is 2.29. The molecule has 1 fully saturated rings. The van der Waals surface area contributed by atoms with E-state index in [1.807, 2.05) is 17.5 Å². The topological polar surface area (TPSA) is 62.4 Å². The summed E-state index contributed by atoms with van der Waals surface area (Å²) in [7, 11) is 0. The first kappa shape index (κ1) is 12.8. The van der Waals surface area contributed by atoms with Crippen LogP contribution in [0.1, 0.15) is 25.3 Å². The summed E-state index contributed by atoms with van der Waals surface area (Å²) >= 11 is 1.59. The third-order valence-corrected chi connectivity index (χ3v) is 4.51. The van der Waals surface area contributed by atoms with Crippen LogP contribution in [0.5, 0.6) is 0 Å². The van der Waals surface area contributed by atoms with E-state index in [-0.39, 0.29) is 12.6 Å². The molecule has 0 spiro atoms. The molecule has 2 aromatic rings. The number of hydrogen-bond acceptors (Lipinski definition) is 6. The number of nitrogens with zero attached hydrogens (tertiary/aromatic N) is 3. The smallest absolute Gasteiger partial charge is 0.257 e. The predicted molar refractivity (Wildman–Crippen MR) is 72.8 cm³/mol. The molecule has 102 valence electrons. The number of thiophene rings is 1. The quantitative estimate of drug-likeness (QED) is 0.929. The fraction of sp³-hybridized carbons (Fsp3) is 0.538. The van der Waals surface area contributed by atoms with Crippen molar-refractivity contribution in [3.05, 3.63) is 23.4 Å². The summed E-state index contributed by atoms with van der Waals surface area (Å²) in [4.78, 5) is 3.28. The Morgan fingerprint density at radius 3 is 3.16 bits per heavy atom. The van der Waals surface area contributed by atoms with E-state index in [4.69, 9.17) is 4.42 Å². The summed E-state index contributed by atoms with van der Waals surface area (Å²) in [6.07, 6.45) is 1.03.